The van der Waals surface area contributed by atoms with E-state index in [1.54, 1.807) is 0 Å². The molecule has 0 bridgehead atoms. The van der Waals surface area contributed by atoms with Crippen LogP contribution in [0.4, 0.5) is 0 Å². The second-order valence-electron chi connectivity index (χ2n) is 3.06. The smallest absolute Gasteiger partial charge is 0.0320 e. The summed E-state index contributed by atoms with van der Waals surface area (Å²) in [6.07, 6.45) is 0. The fraction of sp³-hybridized carbons (Fsp3) is 0.250. The van der Waals surface area contributed by atoms with Gasteiger partial charge in [0.2, 0.25) is 0 Å². The summed E-state index contributed by atoms with van der Waals surface area (Å²) in [6, 6.07) is 0. The number of hydrogen-bond donors (Lipinski definition) is 0. The predicted octanol–water partition coefficient (Wildman–Crippen LogP) is 2.67. The predicted molar refractivity (Wildman–Crippen MR) is 76.7 cm³/mol. The number of hydrogen-bond acceptors (Lipinski definition) is 0. The minimum atomic E-state index is 0.0941. The summed E-state index contributed by atoms with van der Waals surface area (Å²) in [4.78, 5) is 0. The van der Waals surface area contributed by atoms with Crippen LogP contribution in [0.3, 0.4) is 0 Å². The minimum Gasteiger partial charge on any atom is -0.0847 e. The Hall–Kier alpha value is -2.06. The molecule has 0 spiro atoms. The van der Waals surface area contributed by atoms with Gasteiger partial charge >= 0.3 is 0 Å². The fourth-order valence-electron chi connectivity index (χ4n) is 0.722. The Morgan fingerprint density at radius 1 is 0.556 bits per heavy atom. The SMILES string of the molecule is CC(C#CC#CC#CCl)C(C)C#CC#CC#CCl. The van der Waals surface area contributed by atoms with Gasteiger partial charge in [-0.1, -0.05) is 25.7 Å². The van der Waals surface area contributed by atoms with E-state index >= 15 is 0 Å². The van der Waals surface area contributed by atoms with Crippen LogP contribution in [0.25, 0.3) is 0 Å². The molecule has 18 heavy (non-hydrogen) atoms. The first-order chi connectivity index (χ1) is 8.72. The van der Waals surface area contributed by atoms with Crippen molar-refractivity contribution in [1.82, 2.24) is 0 Å². The summed E-state index contributed by atoms with van der Waals surface area (Å²) in [5.41, 5.74) is 0. The molecule has 0 aromatic rings. The topological polar surface area (TPSA) is 0 Å². The highest BCUT2D eigenvalue weighted by molar-refractivity contribution is 6.30. The standard InChI is InChI=1S/C16H8Cl2/c1-15(11-7-3-5-9-13-17)16(2)12-8-4-6-10-14-18/h15-16H,1-2H3. The third kappa shape index (κ3) is 9.19. The first-order valence-corrected chi connectivity index (χ1v) is 5.70. The maximum absolute atomic E-state index is 5.13. The van der Waals surface area contributed by atoms with E-state index in [1.165, 1.54) is 0 Å². The number of rotatable bonds is 1. The van der Waals surface area contributed by atoms with Crippen molar-refractivity contribution < 1.29 is 0 Å². The van der Waals surface area contributed by atoms with Crippen molar-refractivity contribution in [3.63, 3.8) is 0 Å². The monoisotopic (exact) mass is 270 g/mol. The van der Waals surface area contributed by atoms with Gasteiger partial charge in [-0.05, 0) is 46.9 Å². The fourth-order valence-corrected chi connectivity index (χ4v) is 0.817. The summed E-state index contributed by atoms with van der Waals surface area (Å²) in [5.74, 6) is 26.4. The van der Waals surface area contributed by atoms with E-state index < -0.39 is 0 Å². The molecule has 0 saturated heterocycles. The van der Waals surface area contributed by atoms with Gasteiger partial charge in [-0.25, -0.2) is 0 Å². The molecule has 2 heteroatoms. The highest BCUT2D eigenvalue weighted by atomic mass is 35.5. The molecule has 2 atom stereocenters. The Balaban J connectivity index is 4.47. The van der Waals surface area contributed by atoms with Gasteiger partial charge in [0.25, 0.3) is 0 Å². The molecule has 0 aromatic heterocycles. The van der Waals surface area contributed by atoms with E-state index in [9.17, 15) is 0 Å². The molecule has 0 aliphatic carbocycles. The summed E-state index contributed by atoms with van der Waals surface area (Å²) in [5, 5.41) is 4.29. The summed E-state index contributed by atoms with van der Waals surface area (Å²) < 4.78 is 0. The van der Waals surface area contributed by atoms with E-state index in [1.807, 2.05) is 13.8 Å². The van der Waals surface area contributed by atoms with Crippen LogP contribution in [0.5, 0.6) is 0 Å². The summed E-state index contributed by atoms with van der Waals surface area (Å²) in [7, 11) is 0. The van der Waals surface area contributed by atoms with Gasteiger partial charge in [-0.3, -0.25) is 0 Å². The molecular weight excluding hydrogens is 263 g/mol. The average molecular weight is 271 g/mol. The van der Waals surface area contributed by atoms with Crippen LogP contribution in [0.15, 0.2) is 0 Å². The lowest BCUT2D eigenvalue weighted by Crippen LogP contribution is -2.02. The maximum Gasteiger partial charge on any atom is 0.0320 e. The minimum absolute atomic E-state index is 0.0941. The third-order valence-corrected chi connectivity index (χ3v) is 2.01. The molecule has 0 nitrogen and oxygen atoms in total. The van der Waals surface area contributed by atoms with E-state index in [4.69, 9.17) is 23.2 Å². The van der Waals surface area contributed by atoms with Crippen molar-refractivity contribution in [3.05, 3.63) is 0 Å². The van der Waals surface area contributed by atoms with Crippen molar-refractivity contribution in [1.29, 1.82) is 0 Å². The molecule has 0 N–H and O–H groups in total. The first kappa shape index (κ1) is 15.9. The van der Waals surface area contributed by atoms with Crippen LogP contribution < -0.4 is 0 Å². The average Bonchev–Trinajstić information content (AvgIpc) is 2.37. The Morgan fingerprint density at radius 2 is 0.889 bits per heavy atom. The lowest BCUT2D eigenvalue weighted by Gasteiger charge is -2.04. The maximum atomic E-state index is 5.13. The second-order valence-corrected chi connectivity index (χ2v) is 3.43. The van der Waals surface area contributed by atoms with E-state index in [-0.39, 0.29) is 11.8 Å². The molecule has 0 amide bonds. The Morgan fingerprint density at radius 3 is 1.22 bits per heavy atom. The van der Waals surface area contributed by atoms with Gasteiger partial charge in [0.15, 0.2) is 0 Å². The molecule has 0 aliphatic rings. The molecule has 0 aliphatic heterocycles. The van der Waals surface area contributed by atoms with E-state index in [2.05, 4.69) is 70.0 Å². The van der Waals surface area contributed by atoms with Gasteiger partial charge in [0.1, 0.15) is 0 Å². The van der Waals surface area contributed by atoms with Crippen LogP contribution in [0.2, 0.25) is 0 Å². The van der Waals surface area contributed by atoms with Gasteiger partial charge in [-0.15, -0.1) is 0 Å². The summed E-state index contributed by atoms with van der Waals surface area (Å²) in [6.45, 7) is 3.93. The Bertz CT molecular complexity index is 572. The van der Waals surface area contributed by atoms with Gasteiger partial charge < -0.3 is 0 Å². The van der Waals surface area contributed by atoms with Crippen molar-refractivity contribution in [2.45, 2.75) is 13.8 Å². The highest BCUT2D eigenvalue weighted by Gasteiger charge is 2.04. The van der Waals surface area contributed by atoms with Crippen molar-refractivity contribution in [2.75, 3.05) is 0 Å². The Labute approximate surface area is 119 Å². The lowest BCUT2D eigenvalue weighted by atomic mass is 9.97. The van der Waals surface area contributed by atoms with Gasteiger partial charge in [-0.2, -0.15) is 0 Å². The zero-order chi connectivity index (χ0) is 13.6. The molecule has 0 fully saturated rings. The summed E-state index contributed by atoms with van der Waals surface area (Å²) >= 11 is 10.3. The molecule has 0 saturated carbocycles. The van der Waals surface area contributed by atoms with E-state index in [0.29, 0.717) is 0 Å². The molecule has 0 radical (unpaired) electrons. The van der Waals surface area contributed by atoms with Crippen LogP contribution in [-0.2, 0) is 0 Å². The molecule has 0 heterocycles. The number of halogens is 2. The zero-order valence-electron chi connectivity index (χ0n) is 9.91. The largest absolute Gasteiger partial charge is 0.0847 e. The molecular formula is C16H8Cl2. The lowest BCUT2D eigenvalue weighted by molar-refractivity contribution is 0.596. The molecule has 0 rings (SSSR count). The van der Waals surface area contributed by atoms with Crippen LogP contribution in [0.1, 0.15) is 13.8 Å². The molecule has 86 valence electrons. The van der Waals surface area contributed by atoms with Crippen molar-refractivity contribution >= 4 is 23.2 Å². The second kappa shape index (κ2) is 11.4. The van der Waals surface area contributed by atoms with Crippen LogP contribution >= 0.6 is 23.2 Å². The normalized spacial score (nSPS) is 9.33. The van der Waals surface area contributed by atoms with Crippen LogP contribution in [-0.4, -0.2) is 0 Å². The quantitative estimate of drug-likeness (QED) is 0.643. The first-order valence-electron chi connectivity index (χ1n) is 4.94. The highest BCUT2D eigenvalue weighted by Crippen LogP contribution is 2.07. The van der Waals surface area contributed by atoms with Crippen LogP contribution in [0, 0.1) is 81.8 Å². The molecule has 2 unspecified atom stereocenters. The van der Waals surface area contributed by atoms with Crippen molar-refractivity contribution in [2.24, 2.45) is 11.8 Å². The molecule has 0 aromatic carbocycles. The van der Waals surface area contributed by atoms with Gasteiger partial charge in [0, 0.05) is 46.3 Å². The Kier molecular flexibility index (Phi) is 10.1. The third-order valence-electron chi connectivity index (χ3n) is 1.82. The van der Waals surface area contributed by atoms with E-state index in [0.717, 1.165) is 0 Å². The zero-order valence-corrected chi connectivity index (χ0v) is 11.4. The van der Waals surface area contributed by atoms with Crippen molar-refractivity contribution in [3.8, 4) is 70.0 Å². The van der Waals surface area contributed by atoms with Gasteiger partial charge in [0.05, 0.1) is 0 Å².